The van der Waals surface area contributed by atoms with Crippen LogP contribution in [0.5, 0.6) is 0 Å². The monoisotopic (exact) mass is 481 g/mol. The van der Waals surface area contributed by atoms with Crippen LogP contribution < -0.4 is 0 Å². The molecule has 0 unspecified atom stereocenters. The van der Waals surface area contributed by atoms with Gasteiger partial charge >= 0.3 is 5.97 Å². The van der Waals surface area contributed by atoms with Crippen LogP contribution in [0.3, 0.4) is 0 Å². The number of aliphatic hydroxyl groups is 1. The van der Waals surface area contributed by atoms with Crippen LogP contribution in [0, 0.1) is 5.92 Å². The molecule has 5 heteroatoms. The van der Waals surface area contributed by atoms with E-state index < -0.39 is 0 Å². The molecule has 1 saturated carbocycles. The van der Waals surface area contributed by atoms with E-state index >= 15 is 0 Å². The molecule has 0 amide bonds. The SMILES string of the molecule is CCCCCC1CCC(OC(=O)CCCCCCCN(CCO)CCCCCCCC=O)CC1. The van der Waals surface area contributed by atoms with E-state index in [0.29, 0.717) is 12.8 Å². The number of carbonyl (C=O) groups is 2. The molecule has 0 aromatic carbocycles. The molecule has 0 atom stereocenters. The van der Waals surface area contributed by atoms with Gasteiger partial charge in [0.05, 0.1) is 6.61 Å². The minimum atomic E-state index is 0.00899. The van der Waals surface area contributed by atoms with Crippen LogP contribution >= 0.6 is 0 Å². The zero-order valence-corrected chi connectivity index (χ0v) is 22.3. The van der Waals surface area contributed by atoms with E-state index in [-0.39, 0.29) is 18.7 Å². The Morgan fingerprint density at radius 2 is 1.44 bits per heavy atom. The molecule has 200 valence electrons. The van der Waals surface area contributed by atoms with Crippen molar-refractivity contribution in [3.63, 3.8) is 0 Å². The van der Waals surface area contributed by atoms with Gasteiger partial charge in [0, 0.05) is 19.4 Å². The van der Waals surface area contributed by atoms with E-state index in [4.69, 9.17) is 4.74 Å². The molecule has 5 nitrogen and oxygen atoms in total. The van der Waals surface area contributed by atoms with Gasteiger partial charge < -0.3 is 19.5 Å². The minimum Gasteiger partial charge on any atom is -0.462 e. The molecule has 1 aliphatic carbocycles. The Morgan fingerprint density at radius 3 is 2.06 bits per heavy atom. The lowest BCUT2D eigenvalue weighted by Gasteiger charge is -2.28. The maximum Gasteiger partial charge on any atom is 0.306 e. The first-order valence-electron chi connectivity index (χ1n) is 14.7. The first-order chi connectivity index (χ1) is 16.7. The van der Waals surface area contributed by atoms with E-state index in [2.05, 4.69) is 11.8 Å². The Balaban J connectivity index is 1.97. The van der Waals surface area contributed by atoms with Crippen LogP contribution in [0.25, 0.3) is 0 Å². The fourth-order valence-electron chi connectivity index (χ4n) is 5.17. The highest BCUT2D eigenvalue weighted by molar-refractivity contribution is 5.69. The first-order valence-corrected chi connectivity index (χ1v) is 14.7. The predicted molar refractivity (Wildman–Crippen MR) is 141 cm³/mol. The topological polar surface area (TPSA) is 66.8 Å². The van der Waals surface area contributed by atoms with E-state index in [9.17, 15) is 14.7 Å². The number of hydrogen-bond acceptors (Lipinski definition) is 5. The maximum absolute atomic E-state index is 12.2. The summed E-state index contributed by atoms with van der Waals surface area (Å²) < 4.78 is 5.74. The van der Waals surface area contributed by atoms with Crippen LogP contribution in [-0.2, 0) is 14.3 Å². The molecule has 0 radical (unpaired) electrons. The summed E-state index contributed by atoms with van der Waals surface area (Å²) >= 11 is 0. The van der Waals surface area contributed by atoms with Gasteiger partial charge in [-0.3, -0.25) is 4.79 Å². The van der Waals surface area contributed by atoms with Gasteiger partial charge in [-0.2, -0.15) is 0 Å². The van der Waals surface area contributed by atoms with Gasteiger partial charge in [0.1, 0.15) is 12.4 Å². The Hall–Kier alpha value is -0.940. The van der Waals surface area contributed by atoms with E-state index in [0.717, 1.165) is 76.8 Å². The fourth-order valence-corrected chi connectivity index (χ4v) is 5.17. The Morgan fingerprint density at radius 1 is 0.824 bits per heavy atom. The van der Waals surface area contributed by atoms with Crippen molar-refractivity contribution in [3.05, 3.63) is 0 Å². The molecule has 0 aliphatic heterocycles. The summed E-state index contributed by atoms with van der Waals surface area (Å²) in [6, 6.07) is 0. The molecule has 1 aliphatic rings. The summed E-state index contributed by atoms with van der Waals surface area (Å²) in [5.74, 6) is 0.865. The second-order valence-electron chi connectivity index (χ2n) is 10.4. The third-order valence-corrected chi connectivity index (χ3v) is 7.38. The average molecular weight is 482 g/mol. The summed E-state index contributed by atoms with van der Waals surface area (Å²) in [4.78, 5) is 24.9. The molecule has 0 spiro atoms. The smallest absolute Gasteiger partial charge is 0.306 e. The Bertz CT molecular complexity index is 477. The number of hydrogen-bond donors (Lipinski definition) is 1. The van der Waals surface area contributed by atoms with Gasteiger partial charge in [0.25, 0.3) is 0 Å². The van der Waals surface area contributed by atoms with Crippen molar-refractivity contribution >= 4 is 12.3 Å². The number of aldehydes is 1. The fraction of sp³-hybridized carbons (Fsp3) is 0.931. The molecule has 0 aromatic rings. The van der Waals surface area contributed by atoms with Crippen LogP contribution in [0.15, 0.2) is 0 Å². The van der Waals surface area contributed by atoms with Gasteiger partial charge in [0.2, 0.25) is 0 Å². The van der Waals surface area contributed by atoms with Crippen molar-refractivity contribution in [1.82, 2.24) is 4.90 Å². The minimum absolute atomic E-state index is 0.00899. The quantitative estimate of drug-likeness (QED) is 0.0982. The molecule has 1 N–H and O–H groups in total. The van der Waals surface area contributed by atoms with Crippen LogP contribution in [0.2, 0.25) is 0 Å². The zero-order chi connectivity index (χ0) is 24.7. The van der Waals surface area contributed by atoms with Gasteiger partial charge in [-0.05, 0) is 70.4 Å². The molecule has 1 rings (SSSR count). The van der Waals surface area contributed by atoms with Crippen molar-refractivity contribution in [2.75, 3.05) is 26.2 Å². The molecular formula is C29H55NO4. The molecule has 1 fully saturated rings. The summed E-state index contributed by atoms with van der Waals surface area (Å²) in [7, 11) is 0. The molecule has 0 heterocycles. The van der Waals surface area contributed by atoms with E-state index in [1.807, 2.05) is 0 Å². The van der Waals surface area contributed by atoms with Crippen molar-refractivity contribution in [3.8, 4) is 0 Å². The lowest BCUT2D eigenvalue weighted by atomic mass is 9.84. The highest BCUT2D eigenvalue weighted by Crippen LogP contribution is 2.30. The van der Waals surface area contributed by atoms with Gasteiger partial charge in [0.15, 0.2) is 0 Å². The number of aliphatic hydroxyl groups excluding tert-OH is 1. The lowest BCUT2D eigenvalue weighted by molar-refractivity contribution is -0.151. The summed E-state index contributed by atoms with van der Waals surface area (Å²) in [6.07, 6.45) is 23.7. The highest BCUT2D eigenvalue weighted by Gasteiger charge is 2.23. The largest absolute Gasteiger partial charge is 0.462 e. The Labute approximate surface area is 210 Å². The van der Waals surface area contributed by atoms with Gasteiger partial charge in [-0.1, -0.05) is 71.1 Å². The third-order valence-electron chi connectivity index (χ3n) is 7.38. The zero-order valence-electron chi connectivity index (χ0n) is 22.3. The second-order valence-corrected chi connectivity index (χ2v) is 10.4. The number of rotatable bonds is 23. The van der Waals surface area contributed by atoms with Gasteiger partial charge in [-0.25, -0.2) is 0 Å². The standard InChI is InChI=1S/C29H55NO4/c1-2-3-11-16-27-18-20-28(21-19-27)34-29(33)17-12-7-6-9-14-23-30(24-26-32)22-13-8-4-5-10-15-25-31/h25,27-28,32H,2-24,26H2,1H3. The molecule has 34 heavy (non-hydrogen) atoms. The average Bonchev–Trinajstić information content (AvgIpc) is 2.84. The number of esters is 1. The van der Waals surface area contributed by atoms with Crippen LogP contribution in [0.4, 0.5) is 0 Å². The molecule has 0 aromatic heterocycles. The lowest BCUT2D eigenvalue weighted by Crippen LogP contribution is -2.29. The summed E-state index contributed by atoms with van der Waals surface area (Å²) in [6.45, 7) is 5.35. The summed E-state index contributed by atoms with van der Waals surface area (Å²) in [5, 5.41) is 9.32. The predicted octanol–water partition coefficient (Wildman–Crippen LogP) is 6.84. The highest BCUT2D eigenvalue weighted by atomic mass is 16.5. The maximum atomic E-state index is 12.2. The van der Waals surface area contributed by atoms with Gasteiger partial charge in [-0.15, -0.1) is 0 Å². The number of nitrogens with zero attached hydrogens (tertiary/aromatic N) is 1. The second kappa shape index (κ2) is 22.5. The Kier molecular flexibility index (Phi) is 20.6. The number of ether oxygens (including phenoxy) is 1. The molecule has 0 bridgehead atoms. The van der Waals surface area contributed by atoms with Crippen LogP contribution in [0.1, 0.15) is 135 Å². The summed E-state index contributed by atoms with van der Waals surface area (Å²) in [5.41, 5.74) is 0. The van der Waals surface area contributed by atoms with E-state index in [1.165, 1.54) is 70.6 Å². The molecule has 0 saturated heterocycles. The van der Waals surface area contributed by atoms with Crippen molar-refractivity contribution in [1.29, 1.82) is 0 Å². The third kappa shape index (κ3) is 17.5. The number of carbonyl (C=O) groups excluding carboxylic acids is 2. The van der Waals surface area contributed by atoms with Crippen molar-refractivity contribution < 1.29 is 19.4 Å². The van der Waals surface area contributed by atoms with Crippen molar-refractivity contribution in [2.24, 2.45) is 5.92 Å². The normalized spacial score (nSPS) is 18.3. The van der Waals surface area contributed by atoms with E-state index in [1.54, 1.807) is 0 Å². The van der Waals surface area contributed by atoms with Crippen LogP contribution in [-0.4, -0.2) is 54.6 Å². The first kappa shape index (κ1) is 31.1. The van der Waals surface area contributed by atoms with Crippen molar-refractivity contribution in [2.45, 2.75) is 141 Å². The number of unbranched alkanes of at least 4 members (excludes halogenated alkanes) is 11. The molecular weight excluding hydrogens is 426 g/mol.